The van der Waals surface area contributed by atoms with Crippen LogP contribution in [0.3, 0.4) is 0 Å². The van der Waals surface area contributed by atoms with E-state index in [0.717, 1.165) is 32.1 Å². The van der Waals surface area contributed by atoms with Crippen LogP contribution in [0, 0.1) is 28.6 Å². The summed E-state index contributed by atoms with van der Waals surface area (Å²) in [7, 11) is -1.77. The first-order valence-electron chi connectivity index (χ1n) is 12.8. The average molecular weight is 461 g/mol. The molecule has 0 aliphatic heterocycles. The molecule has 0 unspecified atom stereocenters. The molecule has 4 aliphatic carbocycles. The van der Waals surface area contributed by atoms with Crippen LogP contribution < -0.4 is 0 Å². The fourth-order valence-electron chi connectivity index (χ4n) is 7.39. The first-order chi connectivity index (χ1) is 14.7. The highest BCUT2D eigenvalue weighted by Crippen LogP contribution is 2.64. The standard InChI is InChI=1S/C27H44O4Si/c1-17(28)30-23-16-22-20-10-9-18-15-19(31-32(7,8)25(2,3)4)11-13-26(18,5)21(20)12-14-27(22,6)24(23)29/h9,19-23H,10-16H2,1-8H3/t19-,20-,21+,22-,23-,26+,27+/m1/s1. The van der Waals surface area contributed by atoms with Crippen LogP contribution >= 0.6 is 0 Å². The van der Waals surface area contributed by atoms with Gasteiger partial charge in [0, 0.05) is 18.4 Å². The number of hydrogen-bond donors (Lipinski definition) is 0. The van der Waals surface area contributed by atoms with E-state index < -0.39 is 14.4 Å². The van der Waals surface area contributed by atoms with Gasteiger partial charge in [-0.2, -0.15) is 0 Å². The number of esters is 1. The van der Waals surface area contributed by atoms with Crippen LogP contribution in [-0.4, -0.2) is 32.3 Å². The lowest BCUT2D eigenvalue weighted by molar-refractivity contribution is -0.153. The Labute approximate surface area is 196 Å². The van der Waals surface area contributed by atoms with Crippen molar-refractivity contribution in [3.05, 3.63) is 11.6 Å². The molecule has 0 aromatic heterocycles. The van der Waals surface area contributed by atoms with Crippen molar-refractivity contribution >= 4 is 20.1 Å². The minimum Gasteiger partial charge on any atom is -0.455 e. The van der Waals surface area contributed by atoms with E-state index in [1.807, 2.05) is 0 Å². The zero-order valence-electron chi connectivity index (χ0n) is 21.5. The molecule has 3 fully saturated rings. The van der Waals surface area contributed by atoms with Crippen LogP contribution in [-0.2, 0) is 18.8 Å². The number of rotatable bonds is 3. The molecule has 0 aromatic carbocycles. The summed E-state index contributed by atoms with van der Waals surface area (Å²) in [4.78, 5) is 24.8. The summed E-state index contributed by atoms with van der Waals surface area (Å²) >= 11 is 0. The van der Waals surface area contributed by atoms with E-state index in [-0.39, 0.29) is 27.6 Å². The Hall–Kier alpha value is -0.943. The number of Topliss-reactive ketones (excluding diaryl/α,β-unsaturated/α-hetero) is 1. The molecule has 4 aliphatic rings. The highest BCUT2D eigenvalue weighted by molar-refractivity contribution is 6.74. The fourth-order valence-corrected chi connectivity index (χ4v) is 8.78. The van der Waals surface area contributed by atoms with E-state index in [9.17, 15) is 9.59 Å². The van der Waals surface area contributed by atoms with E-state index in [4.69, 9.17) is 9.16 Å². The van der Waals surface area contributed by atoms with Crippen molar-refractivity contribution < 1.29 is 18.8 Å². The van der Waals surface area contributed by atoms with Crippen molar-refractivity contribution in [3.63, 3.8) is 0 Å². The van der Waals surface area contributed by atoms with Crippen LogP contribution in [0.25, 0.3) is 0 Å². The molecule has 4 nitrogen and oxygen atoms in total. The maximum absolute atomic E-state index is 13.2. The second kappa shape index (κ2) is 7.80. The van der Waals surface area contributed by atoms with Gasteiger partial charge in [0.15, 0.2) is 20.2 Å². The molecule has 0 radical (unpaired) electrons. The maximum Gasteiger partial charge on any atom is 0.303 e. The fraction of sp³-hybridized carbons (Fsp3) is 0.852. The number of ketones is 1. The lowest BCUT2D eigenvalue weighted by Gasteiger charge is -2.57. The smallest absolute Gasteiger partial charge is 0.303 e. The number of carbonyl (C=O) groups is 2. The summed E-state index contributed by atoms with van der Waals surface area (Å²) < 4.78 is 12.3. The molecule has 0 aromatic rings. The Balaban J connectivity index is 1.54. The van der Waals surface area contributed by atoms with Crippen molar-refractivity contribution in [2.75, 3.05) is 0 Å². The third-order valence-electron chi connectivity index (χ3n) is 10.3. The summed E-state index contributed by atoms with van der Waals surface area (Å²) in [5.41, 5.74) is 1.50. The van der Waals surface area contributed by atoms with Gasteiger partial charge in [-0.3, -0.25) is 9.59 Å². The highest BCUT2D eigenvalue weighted by Gasteiger charge is 2.62. The van der Waals surface area contributed by atoms with E-state index in [2.05, 4.69) is 53.8 Å². The third kappa shape index (κ3) is 3.75. The van der Waals surface area contributed by atoms with Crippen LogP contribution in [0.2, 0.25) is 18.1 Å². The quantitative estimate of drug-likeness (QED) is 0.276. The minimum absolute atomic E-state index is 0.169. The number of fused-ring (bicyclic) bond motifs is 5. The summed E-state index contributed by atoms with van der Waals surface area (Å²) in [5.74, 6) is 1.31. The molecular weight excluding hydrogens is 416 g/mol. The Bertz CT molecular complexity index is 824. The van der Waals surface area contributed by atoms with Crippen molar-refractivity contribution in [3.8, 4) is 0 Å². The van der Waals surface area contributed by atoms with Gasteiger partial charge in [0.25, 0.3) is 0 Å². The zero-order valence-corrected chi connectivity index (χ0v) is 22.5. The van der Waals surface area contributed by atoms with Gasteiger partial charge >= 0.3 is 5.97 Å². The van der Waals surface area contributed by atoms with Crippen molar-refractivity contribution in [1.82, 2.24) is 0 Å². The number of carbonyl (C=O) groups excluding carboxylic acids is 2. The molecular formula is C27H44O4Si. The molecule has 0 saturated heterocycles. The largest absolute Gasteiger partial charge is 0.455 e. The SMILES string of the molecule is CC(=O)O[C@@H]1C[C@@H]2[C@@H]3CC=C4C[C@H](O[Si](C)(C)C(C)(C)C)CC[C@]4(C)[C@H]3CC[C@]2(C)C1=O. The Morgan fingerprint density at radius 3 is 2.38 bits per heavy atom. The van der Waals surface area contributed by atoms with Crippen molar-refractivity contribution in [2.24, 2.45) is 28.6 Å². The van der Waals surface area contributed by atoms with E-state index >= 15 is 0 Å². The van der Waals surface area contributed by atoms with Gasteiger partial charge in [-0.05, 0) is 86.2 Å². The second-order valence-electron chi connectivity index (χ2n) is 13.2. The van der Waals surface area contributed by atoms with E-state index in [0.29, 0.717) is 30.3 Å². The van der Waals surface area contributed by atoms with Crippen LogP contribution in [0.15, 0.2) is 11.6 Å². The number of ether oxygens (including phenoxy) is 1. The summed E-state index contributed by atoms with van der Waals surface area (Å²) in [6.07, 6.45) is 9.54. The monoisotopic (exact) mass is 460 g/mol. The molecule has 7 atom stereocenters. The van der Waals surface area contributed by atoms with Gasteiger partial charge < -0.3 is 9.16 Å². The molecule has 0 bridgehead atoms. The summed E-state index contributed by atoms with van der Waals surface area (Å²) in [5, 5.41) is 0.237. The van der Waals surface area contributed by atoms with Crippen LogP contribution in [0.5, 0.6) is 0 Å². The predicted octanol–water partition coefficient (Wildman–Crippen LogP) is 6.45. The Morgan fingerprint density at radius 2 is 1.75 bits per heavy atom. The number of hydrogen-bond acceptors (Lipinski definition) is 4. The lowest BCUT2D eigenvalue weighted by atomic mass is 9.48. The summed E-state index contributed by atoms with van der Waals surface area (Å²) in [6, 6.07) is 0. The Kier molecular flexibility index (Phi) is 5.89. The summed E-state index contributed by atoms with van der Waals surface area (Å²) in [6.45, 7) is 17.7. The molecule has 5 heteroatoms. The zero-order chi connectivity index (χ0) is 23.7. The van der Waals surface area contributed by atoms with Gasteiger partial charge in [-0.25, -0.2) is 0 Å². The van der Waals surface area contributed by atoms with Crippen molar-refractivity contribution in [1.29, 1.82) is 0 Å². The van der Waals surface area contributed by atoms with Gasteiger partial charge in [-0.15, -0.1) is 0 Å². The first kappa shape index (κ1) is 24.2. The third-order valence-corrected chi connectivity index (χ3v) is 14.9. The van der Waals surface area contributed by atoms with Gasteiger partial charge in [-0.1, -0.05) is 46.3 Å². The predicted molar refractivity (Wildman–Crippen MR) is 130 cm³/mol. The molecule has 4 rings (SSSR count). The number of allylic oxidation sites excluding steroid dienone is 1. The van der Waals surface area contributed by atoms with E-state index in [1.165, 1.54) is 13.3 Å². The molecule has 0 amide bonds. The highest BCUT2D eigenvalue weighted by atomic mass is 28.4. The second-order valence-corrected chi connectivity index (χ2v) is 17.9. The minimum atomic E-state index is -1.77. The van der Waals surface area contributed by atoms with Gasteiger partial charge in [0.2, 0.25) is 0 Å². The molecule has 3 saturated carbocycles. The first-order valence-corrected chi connectivity index (χ1v) is 15.7. The van der Waals surface area contributed by atoms with Crippen LogP contribution in [0.4, 0.5) is 0 Å². The molecule has 0 N–H and O–H groups in total. The molecule has 0 spiro atoms. The molecule has 32 heavy (non-hydrogen) atoms. The lowest BCUT2D eigenvalue weighted by Crippen LogP contribution is -2.52. The van der Waals surface area contributed by atoms with Crippen LogP contribution in [0.1, 0.15) is 86.5 Å². The normalized spacial score (nSPS) is 41.9. The van der Waals surface area contributed by atoms with Gasteiger partial charge in [0.1, 0.15) is 0 Å². The maximum atomic E-state index is 13.2. The van der Waals surface area contributed by atoms with Crippen molar-refractivity contribution in [2.45, 2.75) is 117 Å². The molecule has 180 valence electrons. The average Bonchev–Trinajstić information content (AvgIpc) is 2.91. The topological polar surface area (TPSA) is 52.6 Å². The Morgan fingerprint density at radius 1 is 1.09 bits per heavy atom. The molecule has 0 heterocycles. The van der Waals surface area contributed by atoms with Gasteiger partial charge in [0.05, 0.1) is 0 Å². The van der Waals surface area contributed by atoms with E-state index in [1.54, 1.807) is 5.57 Å².